The number of ketones is 2. The molecule has 4 rings (SSSR count). The van der Waals surface area contributed by atoms with Crippen LogP contribution in [0.5, 0.6) is 5.75 Å². The van der Waals surface area contributed by atoms with Gasteiger partial charge < -0.3 is 41.5 Å². The predicted octanol–water partition coefficient (Wildman–Crippen LogP) is -0.544. The Kier molecular flexibility index (Phi) is 5.94. The zero-order chi connectivity index (χ0) is 26.9. The Bertz CT molecular complexity index is 1280. The van der Waals surface area contributed by atoms with Crippen molar-refractivity contribution in [3.05, 3.63) is 40.2 Å². The lowest BCUT2D eigenvalue weighted by molar-refractivity contribution is -0.160. The molecule has 0 aliphatic heterocycles. The molecule has 1 fully saturated rings. The summed E-state index contributed by atoms with van der Waals surface area (Å²) in [6, 6.07) is 2.62. The van der Waals surface area contributed by atoms with Crippen LogP contribution in [-0.4, -0.2) is 86.2 Å². The Morgan fingerprint density at radius 3 is 2.42 bits per heavy atom. The van der Waals surface area contributed by atoms with Crippen LogP contribution in [0.1, 0.15) is 30.4 Å². The van der Waals surface area contributed by atoms with E-state index in [2.05, 4.69) is 5.32 Å². The first-order valence-corrected chi connectivity index (χ1v) is 11.2. The van der Waals surface area contributed by atoms with E-state index >= 15 is 0 Å². The average molecular weight is 501 g/mol. The van der Waals surface area contributed by atoms with Gasteiger partial charge in [-0.2, -0.15) is 0 Å². The lowest BCUT2D eigenvalue weighted by Crippen LogP contribution is -2.64. The fraction of sp³-hybridized carbons (Fsp3) is 0.417. The van der Waals surface area contributed by atoms with Gasteiger partial charge in [0.25, 0.3) is 5.91 Å². The van der Waals surface area contributed by atoms with Gasteiger partial charge in [0, 0.05) is 29.5 Å². The van der Waals surface area contributed by atoms with Crippen LogP contribution in [0.25, 0.3) is 5.76 Å². The van der Waals surface area contributed by atoms with Gasteiger partial charge in [-0.05, 0) is 37.7 Å². The van der Waals surface area contributed by atoms with E-state index < -0.39 is 87.7 Å². The Balaban J connectivity index is 1.94. The molecule has 8 N–H and O–H groups in total. The number of nitrogens with two attached hydrogens (primary N) is 1. The lowest BCUT2D eigenvalue weighted by Gasteiger charge is -2.50. The number of carbonyl (C=O) groups is 4. The van der Waals surface area contributed by atoms with Gasteiger partial charge in [-0.25, -0.2) is 0 Å². The van der Waals surface area contributed by atoms with Crippen molar-refractivity contribution in [1.29, 1.82) is 0 Å². The number of nitrogens with one attached hydrogen (secondary N) is 1. The van der Waals surface area contributed by atoms with E-state index in [0.717, 1.165) is 0 Å². The Morgan fingerprint density at radius 1 is 1.19 bits per heavy atom. The summed E-state index contributed by atoms with van der Waals surface area (Å²) in [7, 11) is 3.39. The van der Waals surface area contributed by atoms with Crippen molar-refractivity contribution in [2.24, 2.45) is 17.6 Å². The molecule has 12 nitrogen and oxygen atoms in total. The van der Waals surface area contributed by atoms with Crippen molar-refractivity contribution >= 4 is 34.8 Å². The topological polar surface area (TPSA) is 211 Å². The van der Waals surface area contributed by atoms with Gasteiger partial charge in [0.15, 0.2) is 11.4 Å². The van der Waals surface area contributed by atoms with Crippen LogP contribution in [0.4, 0.5) is 5.69 Å². The molecule has 5 atom stereocenters. The zero-order valence-corrected chi connectivity index (χ0v) is 19.8. The maximum absolute atomic E-state index is 13.6. The third-order valence-electron chi connectivity index (χ3n) is 7.21. The Hall–Kier alpha value is -3.74. The average Bonchev–Trinajstić information content (AvgIpc) is 2.77. The molecule has 192 valence electrons. The highest BCUT2D eigenvalue weighted by atomic mass is 16.4. The van der Waals surface area contributed by atoms with Gasteiger partial charge in [0.1, 0.15) is 22.8 Å². The van der Waals surface area contributed by atoms with Crippen molar-refractivity contribution in [1.82, 2.24) is 4.90 Å². The van der Waals surface area contributed by atoms with Crippen LogP contribution in [0, 0.1) is 11.8 Å². The molecule has 1 aromatic rings. The summed E-state index contributed by atoms with van der Waals surface area (Å²) in [6.45, 7) is 1.62. The molecule has 0 bridgehead atoms. The summed E-state index contributed by atoms with van der Waals surface area (Å²) in [5, 5.41) is 57.7. The van der Waals surface area contributed by atoms with E-state index in [1.54, 1.807) is 25.9 Å². The van der Waals surface area contributed by atoms with Gasteiger partial charge in [0.05, 0.1) is 18.2 Å². The summed E-state index contributed by atoms with van der Waals surface area (Å²) in [6.07, 6.45) is -2.32. The number of benzene rings is 1. The minimum absolute atomic E-state index is 0.0344. The molecule has 0 radical (unpaired) electrons. The van der Waals surface area contributed by atoms with Gasteiger partial charge in [0.2, 0.25) is 11.7 Å². The van der Waals surface area contributed by atoms with E-state index in [9.17, 15) is 44.7 Å². The van der Waals surface area contributed by atoms with E-state index in [1.165, 1.54) is 12.1 Å². The van der Waals surface area contributed by atoms with Crippen molar-refractivity contribution in [2.45, 2.75) is 31.0 Å². The fourth-order valence-electron chi connectivity index (χ4n) is 5.66. The number of phenols is 1. The number of Topliss-reactive ketones (excluding diaryl/α,β-unsaturated/α-hetero) is 2. The fourth-order valence-corrected chi connectivity index (χ4v) is 5.66. The first-order valence-electron chi connectivity index (χ1n) is 11.2. The van der Waals surface area contributed by atoms with Crippen LogP contribution in [0.3, 0.4) is 0 Å². The third kappa shape index (κ3) is 3.40. The van der Waals surface area contributed by atoms with Gasteiger partial charge in [-0.1, -0.05) is 6.92 Å². The maximum atomic E-state index is 13.6. The number of aliphatic hydroxyl groups is 4. The molecule has 3 aliphatic carbocycles. The first-order chi connectivity index (χ1) is 16.7. The number of fused-ring (bicyclic) bond motifs is 3. The Morgan fingerprint density at radius 2 is 1.83 bits per heavy atom. The van der Waals surface area contributed by atoms with Crippen molar-refractivity contribution in [3.8, 4) is 5.75 Å². The highest BCUT2D eigenvalue weighted by molar-refractivity contribution is 6.23. The standard InChI is InChI=1S/C24H27N3O9/c1-8-14-10(26-13(30)7-27(2)3)4-5-11(28)16(14)20(32)18-15(8)19(31)9-6-12(29)17(23(25)35)21(33)24(9,36)22(18)34/h4-5,8-9,15,19,28,31-33,36H,6-7H2,1-3H3,(H2,25,35)(H,26,30)/t8-,9+,15+,19+,24+/m0/s1. The minimum atomic E-state index is -2.90. The lowest BCUT2D eigenvalue weighted by atomic mass is 9.55. The second kappa shape index (κ2) is 8.43. The highest BCUT2D eigenvalue weighted by Gasteiger charge is 2.65. The number of aliphatic hydroxyl groups excluding tert-OH is 3. The number of hydrogen-bond acceptors (Lipinski definition) is 10. The second-order valence-corrected chi connectivity index (χ2v) is 9.69. The number of carbonyl (C=O) groups excluding carboxylic acids is 4. The van der Waals surface area contributed by atoms with Crippen LogP contribution < -0.4 is 11.1 Å². The number of nitrogens with zero attached hydrogens (tertiary/aromatic N) is 1. The van der Waals surface area contributed by atoms with Gasteiger partial charge >= 0.3 is 0 Å². The molecule has 3 aliphatic rings. The summed E-state index contributed by atoms with van der Waals surface area (Å²) in [5.74, 6) is -9.96. The number of amides is 2. The molecule has 1 saturated carbocycles. The number of phenolic OH excluding ortho intramolecular Hbond substituents is 1. The molecule has 0 heterocycles. The second-order valence-electron chi connectivity index (χ2n) is 9.69. The van der Waals surface area contributed by atoms with E-state index in [1.807, 2.05) is 0 Å². The molecule has 12 heteroatoms. The van der Waals surface area contributed by atoms with Crippen molar-refractivity contribution in [3.63, 3.8) is 0 Å². The largest absolute Gasteiger partial charge is 0.508 e. The Labute approximate surface area is 205 Å². The predicted molar refractivity (Wildman–Crippen MR) is 125 cm³/mol. The normalized spacial score (nSPS) is 29.6. The number of rotatable bonds is 4. The van der Waals surface area contributed by atoms with Crippen LogP contribution >= 0.6 is 0 Å². The van der Waals surface area contributed by atoms with E-state index in [-0.39, 0.29) is 23.4 Å². The molecule has 36 heavy (non-hydrogen) atoms. The smallest absolute Gasteiger partial charge is 0.255 e. The first kappa shape index (κ1) is 25.4. The van der Waals surface area contributed by atoms with Gasteiger partial charge in [-0.15, -0.1) is 0 Å². The van der Waals surface area contributed by atoms with Crippen molar-refractivity contribution in [2.75, 3.05) is 26.0 Å². The summed E-state index contributed by atoms with van der Waals surface area (Å²) in [4.78, 5) is 51.9. The molecular formula is C24H27N3O9. The molecule has 0 aromatic heterocycles. The van der Waals surface area contributed by atoms with E-state index in [4.69, 9.17) is 5.73 Å². The number of primary amides is 1. The molecule has 0 spiro atoms. The van der Waals surface area contributed by atoms with Gasteiger partial charge in [-0.3, -0.25) is 19.2 Å². The third-order valence-corrected chi connectivity index (χ3v) is 7.21. The van der Waals surface area contributed by atoms with Crippen molar-refractivity contribution < 1.29 is 44.7 Å². The SMILES string of the molecule is C[C@H]1c2c(NC(=O)CN(C)C)ccc(O)c2C(O)=C2C(=O)[C@]3(O)C(O)=C(C(N)=O)C(=O)C[C@@H]3[C@@H](O)[C@@H]21. The van der Waals surface area contributed by atoms with Crippen LogP contribution in [0.2, 0.25) is 0 Å². The molecular weight excluding hydrogens is 474 g/mol. The van der Waals surface area contributed by atoms with Crippen LogP contribution in [0.15, 0.2) is 29.0 Å². The monoisotopic (exact) mass is 501 g/mol. The maximum Gasteiger partial charge on any atom is 0.255 e. The minimum Gasteiger partial charge on any atom is -0.508 e. The quantitative estimate of drug-likeness (QED) is 0.207. The summed E-state index contributed by atoms with van der Waals surface area (Å²) < 4.78 is 0. The number of hydrogen-bond donors (Lipinski definition) is 7. The number of likely N-dealkylation sites (N-methyl/N-ethyl adjacent to an activating group) is 1. The molecule has 2 amide bonds. The summed E-state index contributed by atoms with van der Waals surface area (Å²) >= 11 is 0. The highest BCUT2D eigenvalue weighted by Crippen LogP contribution is 2.56. The number of aromatic hydroxyl groups is 1. The molecule has 1 aromatic carbocycles. The summed E-state index contributed by atoms with van der Waals surface area (Å²) in [5.41, 5.74) is 1.10. The van der Waals surface area contributed by atoms with Crippen LogP contribution in [-0.2, 0) is 19.2 Å². The van der Waals surface area contributed by atoms with E-state index in [0.29, 0.717) is 0 Å². The molecule has 0 unspecified atom stereocenters. The number of anilines is 1. The zero-order valence-electron chi connectivity index (χ0n) is 19.8. The molecule has 0 saturated heterocycles.